The van der Waals surface area contributed by atoms with Crippen LogP contribution < -0.4 is 0 Å². The van der Waals surface area contributed by atoms with Crippen LogP contribution >= 0.6 is 0 Å². The predicted molar refractivity (Wildman–Crippen MR) is 126 cm³/mol. The molecule has 2 heterocycles. The molecule has 0 radical (unpaired) electrons. The van der Waals surface area contributed by atoms with Gasteiger partial charge in [-0.25, -0.2) is 4.68 Å². The van der Waals surface area contributed by atoms with E-state index in [0.29, 0.717) is 37.2 Å². The van der Waals surface area contributed by atoms with Gasteiger partial charge < -0.3 is 9.80 Å². The maximum Gasteiger partial charge on any atom is 0.257 e. The lowest BCUT2D eigenvalue weighted by Gasteiger charge is -2.33. The minimum atomic E-state index is -0.0280. The number of nitrogens with zero attached hydrogens (tertiary/aromatic N) is 4. The number of aromatic nitrogens is 2. The normalized spacial score (nSPS) is 14.4. The first kappa shape index (κ1) is 21.8. The summed E-state index contributed by atoms with van der Waals surface area (Å²) in [6, 6.07) is 19.6. The van der Waals surface area contributed by atoms with E-state index < -0.39 is 0 Å². The van der Waals surface area contributed by atoms with Gasteiger partial charge in [0.25, 0.3) is 5.91 Å². The molecule has 1 aromatic heterocycles. The second-order valence-electron chi connectivity index (χ2n) is 8.11. The van der Waals surface area contributed by atoms with Crippen LogP contribution in [-0.4, -0.2) is 57.6 Å². The van der Waals surface area contributed by atoms with Crippen LogP contribution in [0.15, 0.2) is 66.9 Å². The fourth-order valence-corrected chi connectivity index (χ4v) is 4.35. The second kappa shape index (κ2) is 9.81. The van der Waals surface area contributed by atoms with E-state index in [-0.39, 0.29) is 17.7 Å². The number of benzene rings is 2. The van der Waals surface area contributed by atoms with Crippen LogP contribution in [0.3, 0.4) is 0 Å². The van der Waals surface area contributed by atoms with E-state index in [1.807, 2.05) is 90.5 Å². The summed E-state index contributed by atoms with van der Waals surface area (Å²) in [4.78, 5) is 30.0. The first-order chi connectivity index (χ1) is 15.6. The Labute approximate surface area is 189 Å². The Morgan fingerprint density at radius 2 is 1.53 bits per heavy atom. The third-order valence-electron chi connectivity index (χ3n) is 6.22. The number of carbonyl (C=O) groups excluding carboxylic acids is 2. The van der Waals surface area contributed by atoms with Crippen LogP contribution in [-0.2, 0) is 4.79 Å². The van der Waals surface area contributed by atoms with Gasteiger partial charge in [0.2, 0.25) is 5.91 Å². The lowest BCUT2D eigenvalue weighted by Crippen LogP contribution is -2.44. The van der Waals surface area contributed by atoms with Crippen molar-refractivity contribution in [3.05, 3.63) is 72.4 Å². The number of hydrogen-bond acceptors (Lipinski definition) is 3. The summed E-state index contributed by atoms with van der Waals surface area (Å²) >= 11 is 0. The van der Waals surface area contributed by atoms with Gasteiger partial charge in [-0.05, 0) is 38.8 Å². The molecule has 166 valence electrons. The van der Waals surface area contributed by atoms with Crippen LogP contribution in [0.2, 0.25) is 0 Å². The third kappa shape index (κ3) is 4.44. The molecule has 1 saturated heterocycles. The van der Waals surface area contributed by atoms with Crippen LogP contribution in [0, 0.1) is 5.92 Å². The molecule has 0 unspecified atom stereocenters. The molecule has 1 fully saturated rings. The minimum absolute atomic E-state index is 0.000384. The van der Waals surface area contributed by atoms with Gasteiger partial charge in [0.15, 0.2) is 0 Å². The number of carbonyl (C=O) groups is 2. The molecule has 0 aliphatic carbocycles. The Morgan fingerprint density at radius 1 is 0.938 bits per heavy atom. The molecule has 2 aromatic carbocycles. The first-order valence-corrected chi connectivity index (χ1v) is 11.4. The zero-order valence-electron chi connectivity index (χ0n) is 18.8. The largest absolute Gasteiger partial charge is 0.343 e. The van der Waals surface area contributed by atoms with Crippen molar-refractivity contribution in [3.8, 4) is 16.9 Å². The highest BCUT2D eigenvalue weighted by atomic mass is 16.2. The zero-order chi connectivity index (χ0) is 22.5. The SMILES string of the molecule is CCN(CC)C(=O)C1CCN(C(=O)c2cn(-c3ccccc3)nc2-c2ccccc2)CC1. The van der Waals surface area contributed by atoms with Crippen molar-refractivity contribution in [2.45, 2.75) is 26.7 Å². The fraction of sp³-hybridized carbons (Fsp3) is 0.346. The van der Waals surface area contributed by atoms with Crippen molar-refractivity contribution in [2.75, 3.05) is 26.2 Å². The summed E-state index contributed by atoms with van der Waals surface area (Å²) < 4.78 is 1.77. The fourth-order valence-electron chi connectivity index (χ4n) is 4.35. The molecule has 0 atom stereocenters. The molecule has 0 N–H and O–H groups in total. The third-order valence-corrected chi connectivity index (χ3v) is 6.22. The topological polar surface area (TPSA) is 58.4 Å². The summed E-state index contributed by atoms with van der Waals surface area (Å²) in [5.41, 5.74) is 3.10. The standard InChI is InChI=1S/C26H30N4O2/c1-3-28(4-2)25(31)21-15-17-29(18-16-21)26(32)23-19-30(22-13-9-6-10-14-22)27-24(23)20-11-7-5-8-12-20/h5-14,19,21H,3-4,15-18H2,1-2H3. The van der Waals surface area contributed by atoms with Crippen LogP contribution in [0.1, 0.15) is 37.0 Å². The van der Waals surface area contributed by atoms with E-state index >= 15 is 0 Å². The van der Waals surface area contributed by atoms with E-state index in [1.54, 1.807) is 4.68 Å². The summed E-state index contributed by atoms with van der Waals surface area (Å²) in [5.74, 6) is 0.184. The highest BCUT2D eigenvalue weighted by molar-refractivity contribution is 6.00. The molecular formula is C26H30N4O2. The van der Waals surface area contributed by atoms with Gasteiger partial charge in [-0.15, -0.1) is 0 Å². The first-order valence-electron chi connectivity index (χ1n) is 11.4. The molecular weight excluding hydrogens is 400 g/mol. The lowest BCUT2D eigenvalue weighted by atomic mass is 9.94. The molecule has 1 aliphatic heterocycles. The molecule has 2 amide bonds. The van der Waals surface area contributed by atoms with E-state index in [1.165, 1.54) is 0 Å². The van der Waals surface area contributed by atoms with Crippen LogP contribution in [0.4, 0.5) is 0 Å². The van der Waals surface area contributed by atoms with Crippen LogP contribution in [0.25, 0.3) is 16.9 Å². The monoisotopic (exact) mass is 430 g/mol. The predicted octanol–water partition coefficient (Wildman–Crippen LogP) is 4.26. The molecule has 0 bridgehead atoms. The van der Waals surface area contributed by atoms with Gasteiger partial charge in [-0.1, -0.05) is 48.5 Å². The Hall–Kier alpha value is -3.41. The molecule has 6 nitrogen and oxygen atoms in total. The molecule has 0 spiro atoms. The lowest BCUT2D eigenvalue weighted by molar-refractivity contribution is -0.136. The summed E-state index contributed by atoms with van der Waals surface area (Å²) in [5, 5.41) is 4.76. The Balaban J connectivity index is 1.57. The highest BCUT2D eigenvalue weighted by Gasteiger charge is 2.31. The van der Waals surface area contributed by atoms with Gasteiger partial charge in [-0.2, -0.15) is 5.10 Å². The van der Waals surface area contributed by atoms with Crippen LogP contribution in [0.5, 0.6) is 0 Å². The van der Waals surface area contributed by atoms with Crippen molar-refractivity contribution in [3.63, 3.8) is 0 Å². The Morgan fingerprint density at radius 3 is 2.12 bits per heavy atom. The quantitative estimate of drug-likeness (QED) is 0.587. The van der Waals surface area contributed by atoms with E-state index in [4.69, 9.17) is 5.10 Å². The smallest absolute Gasteiger partial charge is 0.257 e. The van der Waals surface area contributed by atoms with Crippen molar-refractivity contribution in [1.82, 2.24) is 19.6 Å². The maximum absolute atomic E-state index is 13.5. The van der Waals surface area contributed by atoms with Crippen molar-refractivity contribution in [1.29, 1.82) is 0 Å². The average molecular weight is 431 g/mol. The van der Waals surface area contributed by atoms with E-state index in [2.05, 4.69) is 0 Å². The number of para-hydroxylation sites is 1. The molecule has 6 heteroatoms. The van der Waals surface area contributed by atoms with Gasteiger partial charge >= 0.3 is 0 Å². The Kier molecular flexibility index (Phi) is 6.69. The van der Waals surface area contributed by atoms with Gasteiger partial charge in [0, 0.05) is 43.9 Å². The number of amides is 2. The number of hydrogen-bond donors (Lipinski definition) is 0. The van der Waals surface area contributed by atoms with E-state index in [9.17, 15) is 9.59 Å². The average Bonchev–Trinajstić information content (AvgIpc) is 3.31. The van der Waals surface area contributed by atoms with E-state index in [0.717, 1.165) is 24.3 Å². The highest BCUT2D eigenvalue weighted by Crippen LogP contribution is 2.27. The summed E-state index contributed by atoms with van der Waals surface area (Å²) in [6.07, 6.45) is 3.23. The van der Waals surface area contributed by atoms with Gasteiger partial charge in [-0.3, -0.25) is 9.59 Å². The summed E-state index contributed by atoms with van der Waals surface area (Å²) in [6.45, 7) is 6.65. The van der Waals surface area contributed by atoms with Gasteiger partial charge in [0.05, 0.1) is 11.3 Å². The van der Waals surface area contributed by atoms with Gasteiger partial charge in [0.1, 0.15) is 5.69 Å². The maximum atomic E-state index is 13.5. The number of likely N-dealkylation sites (tertiary alicyclic amines) is 1. The molecule has 1 aliphatic rings. The zero-order valence-corrected chi connectivity index (χ0v) is 18.8. The summed E-state index contributed by atoms with van der Waals surface area (Å²) in [7, 11) is 0. The number of piperidine rings is 1. The number of rotatable bonds is 6. The Bertz CT molecular complexity index is 1050. The van der Waals surface area contributed by atoms with Crippen molar-refractivity contribution in [2.24, 2.45) is 5.92 Å². The van der Waals surface area contributed by atoms with Crippen molar-refractivity contribution < 1.29 is 9.59 Å². The molecule has 32 heavy (non-hydrogen) atoms. The molecule has 4 rings (SSSR count). The molecule has 0 saturated carbocycles. The van der Waals surface area contributed by atoms with Crippen molar-refractivity contribution >= 4 is 11.8 Å². The second-order valence-corrected chi connectivity index (χ2v) is 8.11. The minimum Gasteiger partial charge on any atom is -0.343 e. The molecule has 3 aromatic rings.